The second-order valence-electron chi connectivity index (χ2n) is 5.29. The van der Waals surface area contributed by atoms with Gasteiger partial charge < -0.3 is 10.6 Å². The Labute approximate surface area is 117 Å². The fourth-order valence-electron chi connectivity index (χ4n) is 3.22. The molecule has 0 aliphatic carbocycles. The lowest BCUT2D eigenvalue weighted by Gasteiger charge is -2.32. The number of nitrogens with one attached hydrogen (secondary N) is 2. The van der Waals surface area contributed by atoms with E-state index < -0.39 is 0 Å². The van der Waals surface area contributed by atoms with Gasteiger partial charge in [0.25, 0.3) is 0 Å². The molecule has 0 saturated carbocycles. The van der Waals surface area contributed by atoms with Crippen molar-refractivity contribution in [2.24, 2.45) is 0 Å². The fourth-order valence-corrected chi connectivity index (χ4v) is 3.22. The van der Waals surface area contributed by atoms with Crippen molar-refractivity contribution in [2.75, 3.05) is 18.4 Å². The van der Waals surface area contributed by atoms with Crippen LogP contribution in [0.2, 0.25) is 0 Å². The van der Waals surface area contributed by atoms with Crippen molar-refractivity contribution in [2.45, 2.75) is 46.0 Å². The average Bonchev–Trinajstić information content (AvgIpc) is 2.68. The summed E-state index contributed by atoms with van der Waals surface area (Å²) in [5, 5.41) is 6.42. The van der Waals surface area contributed by atoms with Crippen molar-refractivity contribution in [3.8, 4) is 0 Å². The molecule has 0 bridgehead atoms. The van der Waals surface area contributed by atoms with Crippen LogP contribution in [-0.4, -0.2) is 19.0 Å². The number of hydrogen-bond acceptors (Lipinski definition) is 2. The van der Waals surface area contributed by atoms with Crippen LogP contribution in [0.3, 0.4) is 0 Å². The molecule has 1 aromatic carbocycles. The fraction of sp³-hybridized carbons (Fsp3) is 0.562. The highest BCUT2D eigenvalue weighted by molar-refractivity contribution is 6.07. The van der Waals surface area contributed by atoms with Gasteiger partial charge in [-0.2, -0.15) is 0 Å². The Morgan fingerprint density at radius 2 is 1.79 bits per heavy atom. The number of aryl methyl sites for hydroxylation is 2. The van der Waals surface area contributed by atoms with Crippen LogP contribution in [0.25, 0.3) is 0 Å². The standard InChI is InChI=1S/C14H18N2O.C2H6.H2/c1-9-7-10(2)12-11(8-9)14(13(17)16-12)3-5-15-6-4-14;1-2;/h7-8,15H,3-6H2,1-2H3,(H,16,17);1-2H3;1H. The van der Waals surface area contributed by atoms with Gasteiger partial charge in [0.2, 0.25) is 5.91 Å². The molecule has 0 atom stereocenters. The Kier molecular flexibility index (Phi) is 3.95. The minimum absolute atomic E-state index is 0. The first kappa shape index (κ1) is 14.1. The molecule has 1 amide bonds. The van der Waals surface area contributed by atoms with Crippen LogP contribution in [0.1, 0.15) is 44.8 Å². The summed E-state index contributed by atoms with van der Waals surface area (Å²) in [6.45, 7) is 10.0. The van der Waals surface area contributed by atoms with Crippen LogP contribution in [0.4, 0.5) is 5.69 Å². The normalized spacial score (nSPS) is 19.5. The van der Waals surface area contributed by atoms with E-state index in [2.05, 4.69) is 36.6 Å². The van der Waals surface area contributed by atoms with E-state index in [0.717, 1.165) is 31.6 Å². The Morgan fingerprint density at radius 1 is 1.16 bits per heavy atom. The second-order valence-corrected chi connectivity index (χ2v) is 5.29. The molecule has 2 heterocycles. The van der Waals surface area contributed by atoms with Crippen molar-refractivity contribution in [3.05, 3.63) is 28.8 Å². The summed E-state index contributed by atoms with van der Waals surface area (Å²) in [6, 6.07) is 4.32. The van der Waals surface area contributed by atoms with Crippen LogP contribution in [0, 0.1) is 13.8 Å². The van der Waals surface area contributed by atoms with Gasteiger partial charge in [0, 0.05) is 7.11 Å². The third-order valence-corrected chi connectivity index (χ3v) is 4.13. The lowest BCUT2D eigenvalue weighted by molar-refractivity contribution is -0.121. The molecule has 106 valence electrons. The maximum Gasteiger partial charge on any atom is 0.235 e. The van der Waals surface area contributed by atoms with E-state index >= 15 is 0 Å². The first-order valence-corrected chi connectivity index (χ1v) is 7.27. The Hall–Kier alpha value is -1.35. The molecule has 2 aliphatic heterocycles. The first-order valence-electron chi connectivity index (χ1n) is 7.27. The number of carbonyl (C=O) groups excluding carboxylic acids is 1. The van der Waals surface area contributed by atoms with Crippen molar-refractivity contribution >= 4 is 11.6 Å². The van der Waals surface area contributed by atoms with Crippen molar-refractivity contribution in [1.82, 2.24) is 5.32 Å². The van der Waals surface area contributed by atoms with Crippen LogP contribution < -0.4 is 10.6 Å². The molecule has 0 aromatic heterocycles. The lowest BCUT2D eigenvalue weighted by Crippen LogP contribution is -2.44. The topological polar surface area (TPSA) is 41.1 Å². The number of fused-ring (bicyclic) bond motifs is 2. The number of carbonyl (C=O) groups is 1. The third kappa shape index (κ3) is 2.16. The smallest absolute Gasteiger partial charge is 0.235 e. The Morgan fingerprint density at radius 3 is 2.42 bits per heavy atom. The van der Waals surface area contributed by atoms with Gasteiger partial charge in [0.1, 0.15) is 0 Å². The van der Waals surface area contributed by atoms with E-state index in [4.69, 9.17) is 0 Å². The van der Waals surface area contributed by atoms with Gasteiger partial charge in [0.15, 0.2) is 0 Å². The predicted octanol–water partition coefficient (Wildman–Crippen LogP) is 3.15. The monoisotopic (exact) mass is 262 g/mol. The number of amides is 1. The van der Waals surface area contributed by atoms with Crippen LogP contribution in [0.15, 0.2) is 12.1 Å². The first-order chi connectivity index (χ1) is 9.13. The third-order valence-electron chi connectivity index (χ3n) is 4.13. The summed E-state index contributed by atoms with van der Waals surface area (Å²) < 4.78 is 0. The molecule has 3 rings (SSSR count). The highest BCUT2D eigenvalue weighted by Gasteiger charge is 2.47. The Bertz CT molecular complexity index is 493. The van der Waals surface area contributed by atoms with E-state index in [9.17, 15) is 4.79 Å². The minimum atomic E-state index is -0.267. The summed E-state index contributed by atoms with van der Waals surface area (Å²) >= 11 is 0. The molecule has 1 aromatic rings. The van der Waals surface area contributed by atoms with Gasteiger partial charge in [-0.25, -0.2) is 0 Å². The molecular formula is C16H26N2O. The quantitative estimate of drug-likeness (QED) is 0.754. The predicted molar refractivity (Wildman–Crippen MR) is 81.8 cm³/mol. The zero-order valence-electron chi connectivity index (χ0n) is 12.4. The molecule has 2 N–H and O–H groups in total. The van der Waals surface area contributed by atoms with Gasteiger partial charge in [-0.3, -0.25) is 4.79 Å². The van der Waals surface area contributed by atoms with Gasteiger partial charge in [0.05, 0.1) is 5.41 Å². The van der Waals surface area contributed by atoms with Crippen LogP contribution >= 0.6 is 0 Å². The van der Waals surface area contributed by atoms with Crippen molar-refractivity contribution < 1.29 is 6.22 Å². The number of anilines is 1. The van der Waals surface area contributed by atoms with E-state index in [1.54, 1.807) is 0 Å². The highest BCUT2D eigenvalue weighted by atomic mass is 16.2. The summed E-state index contributed by atoms with van der Waals surface area (Å²) in [5.74, 6) is 0.197. The van der Waals surface area contributed by atoms with E-state index in [-0.39, 0.29) is 12.7 Å². The van der Waals surface area contributed by atoms with Crippen molar-refractivity contribution in [1.29, 1.82) is 0 Å². The molecular weight excluding hydrogens is 236 g/mol. The number of benzene rings is 1. The molecule has 0 radical (unpaired) electrons. The van der Waals surface area contributed by atoms with Gasteiger partial charge in [-0.05, 0) is 50.9 Å². The molecule has 1 spiro atoms. The SMILES string of the molecule is CC.Cc1cc(C)c2c(c1)C1(CCNCC1)C(=O)N2.[HH]. The highest BCUT2D eigenvalue weighted by Crippen LogP contribution is 2.45. The molecule has 1 saturated heterocycles. The number of hydrogen-bond donors (Lipinski definition) is 2. The molecule has 3 nitrogen and oxygen atoms in total. The Balaban J connectivity index is 0.000000639. The summed E-state index contributed by atoms with van der Waals surface area (Å²) in [6.07, 6.45) is 1.82. The van der Waals surface area contributed by atoms with Gasteiger partial charge in [-0.15, -0.1) is 0 Å². The molecule has 3 heteroatoms. The van der Waals surface area contributed by atoms with E-state index in [1.807, 2.05) is 13.8 Å². The minimum Gasteiger partial charge on any atom is -0.325 e. The molecule has 0 unspecified atom stereocenters. The van der Waals surface area contributed by atoms with Crippen LogP contribution in [0.5, 0.6) is 0 Å². The zero-order chi connectivity index (χ0) is 14.0. The van der Waals surface area contributed by atoms with Gasteiger partial charge in [-0.1, -0.05) is 31.5 Å². The number of piperidine rings is 1. The average molecular weight is 262 g/mol. The lowest BCUT2D eigenvalue weighted by atomic mass is 9.73. The largest absolute Gasteiger partial charge is 0.325 e. The molecule has 1 fully saturated rings. The maximum atomic E-state index is 12.3. The summed E-state index contributed by atoms with van der Waals surface area (Å²) in [4.78, 5) is 12.3. The van der Waals surface area contributed by atoms with Crippen LogP contribution in [-0.2, 0) is 10.2 Å². The van der Waals surface area contributed by atoms with Crippen molar-refractivity contribution in [3.63, 3.8) is 0 Å². The van der Waals surface area contributed by atoms with Gasteiger partial charge >= 0.3 is 0 Å². The molecule has 2 aliphatic rings. The summed E-state index contributed by atoms with van der Waals surface area (Å²) in [5.41, 5.74) is 4.44. The molecule has 19 heavy (non-hydrogen) atoms. The summed E-state index contributed by atoms with van der Waals surface area (Å²) in [7, 11) is 0. The second kappa shape index (κ2) is 5.33. The van der Waals surface area contributed by atoms with E-state index in [1.165, 1.54) is 16.7 Å². The zero-order valence-corrected chi connectivity index (χ0v) is 12.4. The number of rotatable bonds is 0. The van der Waals surface area contributed by atoms with E-state index in [0.29, 0.717) is 0 Å². The maximum absolute atomic E-state index is 12.3.